The fourth-order valence-electron chi connectivity index (χ4n) is 1.18. The molecule has 0 saturated carbocycles. The number of thiophene rings is 1. The molecule has 3 nitrogen and oxygen atoms in total. The molecule has 15 heavy (non-hydrogen) atoms. The van der Waals surface area contributed by atoms with Gasteiger partial charge in [0.1, 0.15) is 0 Å². The minimum absolute atomic E-state index is 0.139. The lowest BCUT2D eigenvalue weighted by atomic mass is 10.3. The zero-order chi connectivity index (χ0) is 11.0. The molecule has 0 aromatic carbocycles. The molecule has 2 aromatic rings. The molecule has 78 valence electrons. The van der Waals surface area contributed by atoms with Gasteiger partial charge in [0.15, 0.2) is 5.69 Å². The van der Waals surface area contributed by atoms with Crippen LogP contribution in [-0.2, 0) is 0 Å². The number of nitrogens with zero attached hydrogens (tertiary/aromatic N) is 1. The standard InChI is InChI=1S/C9H6BrNO2S2/c1-4-11-6(9(12)13)8(15-4)7-5(10)2-3-14-7/h2-3H,1H3,(H,12,13). The molecule has 6 heteroatoms. The minimum atomic E-state index is -0.977. The Hall–Kier alpha value is -0.720. The second kappa shape index (κ2) is 4.03. The fourth-order valence-corrected chi connectivity index (χ4v) is 3.96. The van der Waals surface area contributed by atoms with E-state index in [0.29, 0.717) is 0 Å². The van der Waals surface area contributed by atoms with Gasteiger partial charge in [0.25, 0.3) is 0 Å². The average Bonchev–Trinajstić information content (AvgIpc) is 2.71. The summed E-state index contributed by atoms with van der Waals surface area (Å²) in [7, 11) is 0. The first-order valence-electron chi connectivity index (χ1n) is 4.03. The van der Waals surface area contributed by atoms with Crippen LogP contribution in [0.4, 0.5) is 0 Å². The Morgan fingerprint density at radius 3 is 2.80 bits per heavy atom. The molecular weight excluding hydrogens is 298 g/mol. The van der Waals surface area contributed by atoms with Crippen LogP contribution in [0.3, 0.4) is 0 Å². The number of aromatic carboxylic acids is 1. The maximum absolute atomic E-state index is 11.0. The number of carboxylic acid groups (broad SMARTS) is 1. The topological polar surface area (TPSA) is 50.2 Å². The second-order valence-electron chi connectivity index (χ2n) is 2.81. The first kappa shape index (κ1) is 10.8. The van der Waals surface area contributed by atoms with Gasteiger partial charge in [0, 0.05) is 4.47 Å². The van der Waals surface area contributed by atoms with Crippen molar-refractivity contribution in [2.24, 2.45) is 0 Å². The highest BCUT2D eigenvalue weighted by Crippen LogP contribution is 2.39. The van der Waals surface area contributed by atoms with Gasteiger partial charge in [-0.1, -0.05) is 0 Å². The summed E-state index contributed by atoms with van der Waals surface area (Å²) < 4.78 is 0.915. The summed E-state index contributed by atoms with van der Waals surface area (Å²) in [6.07, 6.45) is 0. The molecule has 0 bridgehead atoms. The Balaban J connectivity index is 2.62. The minimum Gasteiger partial charge on any atom is -0.476 e. The number of hydrogen-bond acceptors (Lipinski definition) is 4. The third kappa shape index (κ3) is 1.97. The first-order valence-corrected chi connectivity index (χ1v) is 6.52. The molecule has 0 radical (unpaired) electrons. The van der Waals surface area contributed by atoms with Crippen LogP contribution in [0.5, 0.6) is 0 Å². The average molecular weight is 304 g/mol. The lowest BCUT2D eigenvalue weighted by Gasteiger charge is -1.95. The van der Waals surface area contributed by atoms with Crippen molar-refractivity contribution < 1.29 is 9.90 Å². The fraction of sp³-hybridized carbons (Fsp3) is 0.111. The van der Waals surface area contributed by atoms with Crippen LogP contribution in [0.15, 0.2) is 15.9 Å². The number of aryl methyl sites for hydroxylation is 1. The van der Waals surface area contributed by atoms with Crippen molar-refractivity contribution in [2.45, 2.75) is 6.92 Å². The van der Waals surface area contributed by atoms with E-state index in [9.17, 15) is 4.79 Å². The summed E-state index contributed by atoms with van der Waals surface area (Å²) in [5, 5.41) is 11.7. The van der Waals surface area contributed by atoms with Gasteiger partial charge in [-0.05, 0) is 34.3 Å². The summed E-state index contributed by atoms with van der Waals surface area (Å²) in [6.45, 7) is 1.81. The zero-order valence-corrected chi connectivity index (χ0v) is 10.9. The largest absolute Gasteiger partial charge is 0.476 e. The molecule has 0 atom stereocenters. The second-order valence-corrected chi connectivity index (χ2v) is 5.79. The number of carbonyl (C=O) groups is 1. The summed E-state index contributed by atoms with van der Waals surface area (Å²) in [6, 6.07) is 1.90. The van der Waals surface area contributed by atoms with Crippen molar-refractivity contribution >= 4 is 44.6 Å². The van der Waals surface area contributed by atoms with Crippen LogP contribution >= 0.6 is 38.6 Å². The normalized spacial score (nSPS) is 10.5. The first-order chi connectivity index (χ1) is 7.09. The highest BCUT2D eigenvalue weighted by atomic mass is 79.9. The zero-order valence-electron chi connectivity index (χ0n) is 7.65. The van der Waals surface area contributed by atoms with Crippen LogP contribution in [-0.4, -0.2) is 16.1 Å². The maximum atomic E-state index is 11.0. The van der Waals surface area contributed by atoms with E-state index in [1.165, 1.54) is 22.7 Å². The third-order valence-corrected chi connectivity index (χ3v) is 4.73. The molecule has 0 saturated heterocycles. The number of carboxylic acids is 1. The molecular formula is C9H6BrNO2S2. The summed E-state index contributed by atoms with van der Waals surface area (Å²) >= 11 is 6.30. The van der Waals surface area contributed by atoms with E-state index in [1.54, 1.807) is 0 Å². The number of aromatic nitrogens is 1. The van der Waals surface area contributed by atoms with Gasteiger partial charge in [-0.15, -0.1) is 22.7 Å². The van der Waals surface area contributed by atoms with Crippen LogP contribution in [0.25, 0.3) is 9.75 Å². The number of rotatable bonds is 2. The van der Waals surface area contributed by atoms with Gasteiger partial charge in [-0.25, -0.2) is 9.78 Å². The van der Waals surface area contributed by atoms with Gasteiger partial charge in [0.05, 0.1) is 14.8 Å². The highest BCUT2D eigenvalue weighted by molar-refractivity contribution is 9.10. The highest BCUT2D eigenvalue weighted by Gasteiger charge is 2.19. The van der Waals surface area contributed by atoms with Crippen molar-refractivity contribution in [1.29, 1.82) is 0 Å². The van der Waals surface area contributed by atoms with E-state index >= 15 is 0 Å². The van der Waals surface area contributed by atoms with Gasteiger partial charge >= 0.3 is 5.97 Å². The van der Waals surface area contributed by atoms with E-state index in [0.717, 1.165) is 19.2 Å². The van der Waals surface area contributed by atoms with Gasteiger partial charge < -0.3 is 5.11 Å². The molecule has 2 aromatic heterocycles. The van der Waals surface area contributed by atoms with Crippen molar-refractivity contribution in [3.8, 4) is 9.75 Å². The summed E-state index contributed by atoms with van der Waals surface area (Å²) in [5.41, 5.74) is 0.139. The van der Waals surface area contributed by atoms with Crippen LogP contribution in [0.1, 0.15) is 15.5 Å². The van der Waals surface area contributed by atoms with E-state index in [4.69, 9.17) is 5.11 Å². The molecule has 0 spiro atoms. The Labute approximate surface area is 103 Å². The van der Waals surface area contributed by atoms with E-state index in [1.807, 2.05) is 18.4 Å². The molecule has 2 rings (SSSR count). The van der Waals surface area contributed by atoms with Gasteiger partial charge in [-0.2, -0.15) is 0 Å². The molecule has 0 aliphatic carbocycles. The predicted molar refractivity (Wildman–Crippen MR) is 64.8 cm³/mol. The Morgan fingerprint density at radius 2 is 2.27 bits per heavy atom. The van der Waals surface area contributed by atoms with E-state index in [-0.39, 0.29) is 5.69 Å². The number of hydrogen-bond donors (Lipinski definition) is 1. The molecule has 0 aliphatic rings. The van der Waals surface area contributed by atoms with E-state index in [2.05, 4.69) is 20.9 Å². The summed E-state index contributed by atoms with van der Waals surface area (Å²) in [5.74, 6) is -0.977. The van der Waals surface area contributed by atoms with Gasteiger partial charge in [0.2, 0.25) is 0 Å². The lowest BCUT2D eigenvalue weighted by molar-refractivity contribution is 0.0692. The number of halogens is 1. The van der Waals surface area contributed by atoms with E-state index < -0.39 is 5.97 Å². The molecule has 1 N–H and O–H groups in total. The molecule has 0 amide bonds. The van der Waals surface area contributed by atoms with Crippen molar-refractivity contribution in [2.75, 3.05) is 0 Å². The van der Waals surface area contributed by atoms with Crippen molar-refractivity contribution in [3.63, 3.8) is 0 Å². The monoisotopic (exact) mass is 303 g/mol. The Bertz CT molecular complexity index is 518. The Morgan fingerprint density at radius 1 is 1.53 bits per heavy atom. The van der Waals surface area contributed by atoms with Crippen LogP contribution < -0.4 is 0 Å². The Kier molecular flexibility index (Phi) is 2.90. The summed E-state index contributed by atoms with van der Waals surface area (Å²) in [4.78, 5) is 16.6. The number of thiazole rings is 1. The van der Waals surface area contributed by atoms with Crippen LogP contribution in [0, 0.1) is 6.92 Å². The van der Waals surface area contributed by atoms with Crippen molar-refractivity contribution in [3.05, 3.63) is 26.6 Å². The molecule has 2 heterocycles. The molecule has 0 aliphatic heterocycles. The lowest BCUT2D eigenvalue weighted by Crippen LogP contribution is -1.98. The third-order valence-electron chi connectivity index (χ3n) is 1.76. The molecule has 0 fully saturated rings. The maximum Gasteiger partial charge on any atom is 0.356 e. The van der Waals surface area contributed by atoms with Crippen LogP contribution in [0.2, 0.25) is 0 Å². The van der Waals surface area contributed by atoms with Gasteiger partial charge in [-0.3, -0.25) is 0 Å². The SMILES string of the molecule is Cc1nc(C(=O)O)c(-c2sccc2Br)s1. The smallest absolute Gasteiger partial charge is 0.356 e. The molecule has 0 unspecified atom stereocenters. The van der Waals surface area contributed by atoms with Crippen molar-refractivity contribution in [1.82, 2.24) is 4.98 Å². The predicted octanol–water partition coefficient (Wildman–Crippen LogP) is 3.64. The quantitative estimate of drug-likeness (QED) is 0.921.